The van der Waals surface area contributed by atoms with Crippen LogP contribution in [-0.2, 0) is 4.79 Å². The molecule has 12 heteroatoms. The van der Waals surface area contributed by atoms with Gasteiger partial charge in [-0.25, -0.2) is 0 Å². The molecular weight excluding hydrogens is 438 g/mol. The molecule has 4 aromatic heterocycles. The van der Waals surface area contributed by atoms with Crippen LogP contribution in [0.5, 0.6) is 0 Å². The molecule has 1 fully saturated rings. The lowest BCUT2D eigenvalue weighted by Crippen LogP contribution is -2.38. The first-order chi connectivity index (χ1) is 16.5. The maximum absolute atomic E-state index is 12.3. The number of H-pyrrole nitrogens is 1. The lowest BCUT2D eigenvalue weighted by atomic mass is 10.1. The molecule has 174 valence electrons. The van der Waals surface area contributed by atoms with Crippen LogP contribution in [0.1, 0.15) is 42.0 Å². The standard InChI is InChI=1S/C22H23N9O3/c1-13(20(33)34)24-19(32)15-12-17(29-28-15)25-21-27-22(26-18-8-5-11-31(18)21)30-10-4-7-16(30)14-6-2-3-9-23-14/h2-3,5-6,8-9,11-13,16H,4,7,10H2,1H3,(H,24,32)(H,33,34)(H2,25,26,27,28,29). The molecule has 5 heterocycles. The van der Waals surface area contributed by atoms with Gasteiger partial charge in [0.25, 0.3) is 5.91 Å². The molecule has 0 spiro atoms. The minimum absolute atomic E-state index is 0.0865. The highest BCUT2D eigenvalue weighted by Gasteiger charge is 2.30. The number of amides is 1. The number of rotatable bonds is 7. The monoisotopic (exact) mass is 461 g/mol. The van der Waals surface area contributed by atoms with Gasteiger partial charge in [0.15, 0.2) is 5.82 Å². The van der Waals surface area contributed by atoms with E-state index in [2.05, 4.69) is 30.7 Å². The van der Waals surface area contributed by atoms with E-state index in [1.165, 1.54) is 13.0 Å². The SMILES string of the molecule is CC(NC(=O)c1cc(Nc2nc(N3CCCC3c3ccccn3)nc3cccn23)n[nH]1)C(=O)O. The van der Waals surface area contributed by atoms with Crippen molar-refractivity contribution in [3.63, 3.8) is 0 Å². The van der Waals surface area contributed by atoms with Gasteiger partial charge in [-0.3, -0.25) is 24.1 Å². The number of aromatic amines is 1. The molecule has 1 saturated heterocycles. The van der Waals surface area contributed by atoms with E-state index in [-0.39, 0.29) is 11.7 Å². The first-order valence-electron chi connectivity index (χ1n) is 10.9. The third-order valence-corrected chi connectivity index (χ3v) is 5.70. The summed E-state index contributed by atoms with van der Waals surface area (Å²) in [6.07, 6.45) is 5.59. The lowest BCUT2D eigenvalue weighted by Gasteiger charge is -2.24. The predicted molar refractivity (Wildman–Crippen MR) is 123 cm³/mol. The minimum atomic E-state index is -1.12. The summed E-state index contributed by atoms with van der Waals surface area (Å²) in [6.45, 7) is 2.20. The maximum atomic E-state index is 12.3. The van der Waals surface area contributed by atoms with Gasteiger partial charge in [-0.15, -0.1) is 0 Å². The van der Waals surface area contributed by atoms with Crippen LogP contribution in [0.4, 0.5) is 17.7 Å². The fourth-order valence-electron chi connectivity index (χ4n) is 3.97. The number of hydrogen-bond donors (Lipinski definition) is 4. The number of carboxylic acid groups (broad SMARTS) is 1. The second kappa shape index (κ2) is 8.81. The number of pyridine rings is 1. The molecular formula is C22H23N9O3. The Labute approximate surface area is 194 Å². The summed E-state index contributed by atoms with van der Waals surface area (Å²) in [5.74, 6) is -0.281. The number of carbonyl (C=O) groups excluding carboxylic acids is 1. The van der Waals surface area contributed by atoms with Gasteiger partial charge in [0.2, 0.25) is 11.9 Å². The van der Waals surface area contributed by atoms with Gasteiger partial charge in [-0.05, 0) is 44.0 Å². The van der Waals surface area contributed by atoms with Crippen LogP contribution in [0, 0.1) is 0 Å². The molecule has 1 aliphatic rings. The molecule has 4 N–H and O–H groups in total. The second-order valence-corrected chi connectivity index (χ2v) is 8.01. The summed E-state index contributed by atoms with van der Waals surface area (Å²) in [7, 11) is 0. The van der Waals surface area contributed by atoms with Gasteiger partial charge >= 0.3 is 5.97 Å². The van der Waals surface area contributed by atoms with Gasteiger partial charge in [0.1, 0.15) is 17.4 Å². The summed E-state index contributed by atoms with van der Waals surface area (Å²) in [6, 6.07) is 10.2. The summed E-state index contributed by atoms with van der Waals surface area (Å²) in [5.41, 5.74) is 1.82. The molecule has 0 aliphatic carbocycles. The zero-order chi connectivity index (χ0) is 23.7. The molecule has 0 saturated carbocycles. The summed E-state index contributed by atoms with van der Waals surface area (Å²) in [4.78, 5) is 39.4. The van der Waals surface area contributed by atoms with Crippen LogP contribution >= 0.6 is 0 Å². The van der Waals surface area contributed by atoms with E-state index in [0.29, 0.717) is 23.4 Å². The van der Waals surface area contributed by atoms with Crippen molar-refractivity contribution in [1.29, 1.82) is 0 Å². The summed E-state index contributed by atoms with van der Waals surface area (Å²) < 4.78 is 1.79. The van der Waals surface area contributed by atoms with Gasteiger partial charge in [-0.1, -0.05) is 6.07 Å². The average molecular weight is 461 g/mol. The van der Waals surface area contributed by atoms with Crippen molar-refractivity contribution in [1.82, 2.24) is 34.9 Å². The Balaban J connectivity index is 1.42. The van der Waals surface area contributed by atoms with Crippen LogP contribution in [0.2, 0.25) is 0 Å². The average Bonchev–Trinajstić information content (AvgIpc) is 3.59. The Morgan fingerprint density at radius 3 is 2.91 bits per heavy atom. The number of nitrogens with one attached hydrogen (secondary N) is 3. The summed E-state index contributed by atoms with van der Waals surface area (Å²) in [5, 5.41) is 21.3. The predicted octanol–water partition coefficient (Wildman–Crippen LogP) is 2.14. The van der Waals surface area contributed by atoms with Crippen LogP contribution in [0.3, 0.4) is 0 Å². The van der Waals surface area contributed by atoms with Crippen molar-refractivity contribution in [3.8, 4) is 0 Å². The first kappa shape index (κ1) is 21.4. The Bertz CT molecular complexity index is 1330. The molecule has 1 aliphatic heterocycles. The minimum Gasteiger partial charge on any atom is -0.480 e. The van der Waals surface area contributed by atoms with Crippen molar-refractivity contribution < 1.29 is 14.7 Å². The van der Waals surface area contributed by atoms with E-state index >= 15 is 0 Å². The highest BCUT2D eigenvalue weighted by molar-refractivity contribution is 5.95. The Morgan fingerprint density at radius 2 is 2.12 bits per heavy atom. The van der Waals surface area contributed by atoms with Gasteiger partial charge in [-0.2, -0.15) is 15.1 Å². The molecule has 1 amide bonds. The number of anilines is 3. The van der Waals surface area contributed by atoms with Crippen molar-refractivity contribution >= 4 is 35.2 Å². The zero-order valence-electron chi connectivity index (χ0n) is 18.3. The molecule has 34 heavy (non-hydrogen) atoms. The fourth-order valence-corrected chi connectivity index (χ4v) is 3.97. The quantitative estimate of drug-likeness (QED) is 0.324. The van der Waals surface area contributed by atoms with E-state index in [1.807, 2.05) is 36.5 Å². The number of fused-ring (bicyclic) bond motifs is 1. The van der Waals surface area contributed by atoms with E-state index in [9.17, 15) is 9.59 Å². The van der Waals surface area contributed by atoms with Gasteiger partial charge < -0.3 is 20.6 Å². The Morgan fingerprint density at radius 1 is 1.24 bits per heavy atom. The zero-order valence-corrected chi connectivity index (χ0v) is 18.3. The lowest BCUT2D eigenvalue weighted by molar-refractivity contribution is -0.138. The Kier molecular flexibility index (Phi) is 5.54. The number of carbonyl (C=O) groups is 2. The summed E-state index contributed by atoms with van der Waals surface area (Å²) >= 11 is 0. The van der Waals surface area contributed by atoms with Crippen LogP contribution in [0.25, 0.3) is 5.65 Å². The number of aliphatic carboxylic acids is 1. The second-order valence-electron chi connectivity index (χ2n) is 8.01. The molecule has 0 aromatic carbocycles. The van der Waals surface area contributed by atoms with E-state index in [0.717, 1.165) is 25.1 Å². The third-order valence-electron chi connectivity index (χ3n) is 5.70. The highest BCUT2D eigenvalue weighted by atomic mass is 16.4. The van der Waals surface area contributed by atoms with Crippen LogP contribution < -0.4 is 15.5 Å². The molecule has 12 nitrogen and oxygen atoms in total. The first-order valence-corrected chi connectivity index (χ1v) is 10.9. The van der Waals surface area contributed by atoms with E-state index in [4.69, 9.17) is 15.1 Å². The smallest absolute Gasteiger partial charge is 0.325 e. The van der Waals surface area contributed by atoms with Crippen molar-refractivity contribution in [3.05, 3.63) is 60.2 Å². The highest BCUT2D eigenvalue weighted by Crippen LogP contribution is 2.34. The molecule has 4 aromatic rings. The van der Waals surface area contributed by atoms with E-state index in [1.54, 1.807) is 10.6 Å². The number of nitrogens with zero attached hydrogens (tertiary/aromatic N) is 6. The number of aromatic nitrogens is 6. The van der Waals surface area contributed by atoms with Crippen LogP contribution in [0.15, 0.2) is 48.8 Å². The van der Waals surface area contributed by atoms with Crippen molar-refractivity contribution in [2.45, 2.75) is 31.8 Å². The Hall–Kier alpha value is -4.48. The number of carboxylic acids is 1. The molecule has 2 unspecified atom stereocenters. The topological polar surface area (TPSA) is 153 Å². The normalized spacial score (nSPS) is 16.5. The van der Waals surface area contributed by atoms with Crippen molar-refractivity contribution in [2.24, 2.45) is 0 Å². The van der Waals surface area contributed by atoms with Crippen LogP contribution in [-0.4, -0.2) is 59.1 Å². The molecule has 0 radical (unpaired) electrons. The fraction of sp³-hybridized carbons (Fsp3) is 0.273. The number of hydrogen-bond acceptors (Lipinski definition) is 8. The van der Waals surface area contributed by atoms with Gasteiger partial charge in [0.05, 0.1) is 11.7 Å². The molecule has 2 atom stereocenters. The van der Waals surface area contributed by atoms with Crippen molar-refractivity contribution in [2.75, 3.05) is 16.8 Å². The third kappa shape index (κ3) is 4.12. The molecule has 0 bridgehead atoms. The van der Waals surface area contributed by atoms with Gasteiger partial charge in [0, 0.05) is 25.0 Å². The maximum Gasteiger partial charge on any atom is 0.325 e. The molecule has 5 rings (SSSR count). The largest absolute Gasteiger partial charge is 0.480 e. The van der Waals surface area contributed by atoms with E-state index < -0.39 is 17.9 Å².